The fourth-order valence-electron chi connectivity index (χ4n) is 3.30. The quantitative estimate of drug-likeness (QED) is 0.890. The number of anilines is 2. The minimum Gasteiger partial charge on any atom is -0.306 e. The Kier molecular flexibility index (Phi) is 5.63. The maximum atomic E-state index is 12.9. The number of carbonyl (C=O) groups excluding carboxylic acids is 1. The topological polar surface area (TPSA) is 69.0 Å². The van der Waals surface area contributed by atoms with Gasteiger partial charge in [-0.05, 0) is 49.1 Å². The molecule has 1 aliphatic carbocycles. The molecule has 128 valence electrons. The van der Waals surface area contributed by atoms with E-state index in [2.05, 4.69) is 16.4 Å². The smallest absolute Gasteiger partial charge is 0.306 e. The van der Waals surface area contributed by atoms with Crippen LogP contribution in [-0.4, -0.2) is 17.6 Å². The first-order valence-corrected chi connectivity index (χ1v) is 8.75. The average Bonchev–Trinajstić information content (AvgIpc) is 2.67. The highest BCUT2D eigenvalue weighted by Crippen LogP contribution is 2.27. The van der Waals surface area contributed by atoms with Crippen LogP contribution in [0.3, 0.4) is 0 Å². The van der Waals surface area contributed by atoms with Crippen LogP contribution in [0, 0.1) is 17.2 Å². The third kappa shape index (κ3) is 4.57. The molecule has 0 bridgehead atoms. The highest BCUT2D eigenvalue weighted by Gasteiger charge is 2.22. The molecule has 1 heterocycles. The summed E-state index contributed by atoms with van der Waals surface area (Å²) in [6.45, 7) is 0.668. The van der Waals surface area contributed by atoms with Gasteiger partial charge in [0.2, 0.25) is 0 Å². The minimum absolute atomic E-state index is 0.186. The van der Waals surface area contributed by atoms with Crippen molar-refractivity contribution in [2.45, 2.75) is 32.1 Å². The zero-order valence-electron chi connectivity index (χ0n) is 14.2. The monoisotopic (exact) mass is 334 g/mol. The molecule has 0 aliphatic heterocycles. The Morgan fingerprint density at radius 3 is 2.80 bits per heavy atom. The molecule has 2 amide bonds. The van der Waals surface area contributed by atoms with E-state index >= 15 is 0 Å². The van der Waals surface area contributed by atoms with E-state index in [9.17, 15) is 4.79 Å². The first-order chi connectivity index (χ1) is 12.3. The number of urea groups is 1. The molecular formula is C20H22N4O. The van der Waals surface area contributed by atoms with E-state index in [1.807, 2.05) is 18.2 Å². The van der Waals surface area contributed by atoms with E-state index in [4.69, 9.17) is 5.26 Å². The summed E-state index contributed by atoms with van der Waals surface area (Å²) in [6, 6.07) is 12.8. The maximum absolute atomic E-state index is 12.9. The first-order valence-electron chi connectivity index (χ1n) is 8.75. The molecular weight excluding hydrogens is 312 g/mol. The first kappa shape index (κ1) is 17.0. The highest BCUT2D eigenvalue weighted by atomic mass is 16.2. The summed E-state index contributed by atoms with van der Waals surface area (Å²) in [5, 5.41) is 12.1. The summed E-state index contributed by atoms with van der Waals surface area (Å²) in [6.07, 6.45) is 9.32. The second-order valence-electron chi connectivity index (χ2n) is 6.45. The van der Waals surface area contributed by atoms with E-state index in [-0.39, 0.29) is 6.03 Å². The van der Waals surface area contributed by atoms with Crippen LogP contribution in [-0.2, 0) is 0 Å². The molecule has 2 aromatic rings. The molecule has 5 nitrogen and oxygen atoms in total. The summed E-state index contributed by atoms with van der Waals surface area (Å²) in [7, 11) is 0. The number of pyridine rings is 1. The molecule has 1 aromatic heterocycles. The van der Waals surface area contributed by atoms with Gasteiger partial charge in [0, 0.05) is 18.4 Å². The minimum atomic E-state index is -0.186. The van der Waals surface area contributed by atoms with Crippen LogP contribution in [0.4, 0.5) is 16.2 Å². The van der Waals surface area contributed by atoms with Gasteiger partial charge in [0.15, 0.2) is 0 Å². The van der Waals surface area contributed by atoms with Gasteiger partial charge in [-0.25, -0.2) is 4.79 Å². The largest absolute Gasteiger partial charge is 0.326 e. The van der Waals surface area contributed by atoms with Crippen molar-refractivity contribution in [2.24, 2.45) is 5.92 Å². The zero-order valence-corrected chi connectivity index (χ0v) is 14.2. The van der Waals surface area contributed by atoms with Crippen molar-refractivity contribution >= 4 is 17.4 Å². The molecule has 1 saturated carbocycles. The molecule has 3 rings (SSSR count). The van der Waals surface area contributed by atoms with Crippen LogP contribution in [0.15, 0.2) is 48.8 Å². The van der Waals surface area contributed by atoms with Gasteiger partial charge in [-0.2, -0.15) is 5.26 Å². The second-order valence-corrected chi connectivity index (χ2v) is 6.45. The summed E-state index contributed by atoms with van der Waals surface area (Å²) >= 11 is 0. The predicted octanol–water partition coefficient (Wildman–Crippen LogP) is 4.57. The number of benzene rings is 1. The van der Waals surface area contributed by atoms with Gasteiger partial charge in [0.05, 0.1) is 23.5 Å². The number of hydrogen-bond donors (Lipinski definition) is 1. The molecule has 0 unspecified atom stereocenters. The number of carbonyl (C=O) groups is 1. The lowest BCUT2D eigenvalue weighted by atomic mass is 9.89. The summed E-state index contributed by atoms with van der Waals surface area (Å²) in [5.74, 6) is 0.499. The average molecular weight is 334 g/mol. The third-order valence-electron chi connectivity index (χ3n) is 4.61. The summed E-state index contributed by atoms with van der Waals surface area (Å²) in [5.41, 5.74) is 1.98. The number of hydrogen-bond acceptors (Lipinski definition) is 3. The van der Waals surface area contributed by atoms with Gasteiger partial charge in [0.25, 0.3) is 0 Å². The van der Waals surface area contributed by atoms with E-state index in [1.165, 1.54) is 19.3 Å². The Labute approximate surface area is 148 Å². The number of rotatable bonds is 4. The SMILES string of the molecule is N#Cc1cccc(N(CC2CCCCC2)C(=O)Nc2cccnc2)c1. The van der Waals surface area contributed by atoms with Crippen LogP contribution in [0.25, 0.3) is 0 Å². The molecule has 1 fully saturated rings. The van der Waals surface area contributed by atoms with Gasteiger partial charge in [0.1, 0.15) is 0 Å². The fraction of sp³-hybridized carbons (Fsp3) is 0.350. The zero-order chi connectivity index (χ0) is 17.5. The van der Waals surface area contributed by atoms with Crippen LogP contribution < -0.4 is 10.2 Å². The van der Waals surface area contributed by atoms with Crippen molar-refractivity contribution in [2.75, 3.05) is 16.8 Å². The van der Waals surface area contributed by atoms with Gasteiger partial charge < -0.3 is 5.32 Å². The number of nitrogens with zero attached hydrogens (tertiary/aromatic N) is 3. The van der Waals surface area contributed by atoms with Crippen LogP contribution in [0.2, 0.25) is 0 Å². The molecule has 5 heteroatoms. The van der Waals surface area contributed by atoms with E-state index in [0.29, 0.717) is 23.7 Å². The van der Waals surface area contributed by atoms with Crippen molar-refractivity contribution in [3.05, 3.63) is 54.4 Å². The Morgan fingerprint density at radius 2 is 2.08 bits per heavy atom. The van der Waals surface area contributed by atoms with Gasteiger partial charge >= 0.3 is 6.03 Å². The Balaban J connectivity index is 1.82. The van der Waals surface area contributed by atoms with Crippen LogP contribution in [0.1, 0.15) is 37.7 Å². The summed E-state index contributed by atoms with van der Waals surface area (Å²) in [4.78, 5) is 18.7. The standard InChI is InChI=1S/C20H22N4O/c21-13-17-8-4-10-19(12-17)24(15-16-6-2-1-3-7-16)20(25)23-18-9-5-11-22-14-18/h4-5,8-12,14,16H,1-3,6-7,15H2,(H,23,25). The molecule has 1 aromatic carbocycles. The number of nitriles is 1. The maximum Gasteiger partial charge on any atom is 0.326 e. The van der Waals surface area contributed by atoms with E-state index < -0.39 is 0 Å². The number of nitrogens with one attached hydrogen (secondary N) is 1. The van der Waals surface area contributed by atoms with Crippen LogP contribution >= 0.6 is 0 Å². The lowest BCUT2D eigenvalue weighted by molar-refractivity contribution is 0.254. The molecule has 0 atom stereocenters. The molecule has 25 heavy (non-hydrogen) atoms. The van der Waals surface area contributed by atoms with Crippen molar-refractivity contribution < 1.29 is 4.79 Å². The van der Waals surface area contributed by atoms with Gasteiger partial charge in [-0.15, -0.1) is 0 Å². The van der Waals surface area contributed by atoms with Crippen molar-refractivity contribution in [3.8, 4) is 6.07 Å². The van der Waals surface area contributed by atoms with Crippen molar-refractivity contribution in [1.82, 2.24) is 4.98 Å². The van der Waals surface area contributed by atoms with Gasteiger partial charge in [-0.1, -0.05) is 25.3 Å². The Morgan fingerprint density at radius 1 is 1.24 bits per heavy atom. The molecule has 0 saturated heterocycles. The third-order valence-corrected chi connectivity index (χ3v) is 4.61. The van der Waals surface area contributed by atoms with Gasteiger partial charge in [-0.3, -0.25) is 9.88 Å². The molecule has 0 radical (unpaired) electrons. The lowest BCUT2D eigenvalue weighted by Gasteiger charge is -2.30. The highest BCUT2D eigenvalue weighted by molar-refractivity contribution is 6.01. The van der Waals surface area contributed by atoms with Crippen LogP contribution in [0.5, 0.6) is 0 Å². The van der Waals surface area contributed by atoms with Crippen molar-refractivity contribution in [1.29, 1.82) is 5.26 Å². The number of amides is 2. The fourth-order valence-corrected chi connectivity index (χ4v) is 3.30. The van der Waals surface area contributed by atoms with E-state index in [0.717, 1.165) is 18.5 Å². The molecule has 1 aliphatic rings. The Hall–Kier alpha value is -2.87. The normalized spacial score (nSPS) is 14.5. The number of aromatic nitrogens is 1. The Bertz CT molecular complexity index is 748. The predicted molar refractivity (Wildman–Crippen MR) is 98.3 cm³/mol. The lowest BCUT2D eigenvalue weighted by Crippen LogP contribution is -2.39. The molecule has 0 spiro atoms. The summed E-state index contributed by atoms with van der Waals surface area (Å²) < 4.78 is 0. The van der Waals surface area contributed by atoms with E-state index in [1.54, 1.807) is 35.5 Å². The molecule has 1 N–H and O–H groups in total. The second kappa shape index (κ2) is 8.29. The van der Waals surface area contributed by atoms with Crippen molar-refractivity contribution in [3.63, 3.8) is 0 Å².